The van der Waals surface area contributed by atoms with Gasteiger partial charge in [-0.3, -0.25) is 9.78 Å². The van der Waals surface area contributed by atoms with Gasteiger partial charge < -0.3 is 15.1 Å². The van der Waals surface area contributed by atoms with Crippen LogP contribution in [0.25, 0.3) is 0 Å². The SMILES string of the molecule is O=C(Nc1ccccc1)N1CCN(C(=O)c2cnccn2)CC1. The van der Waals surface area contributed by atoms with Crippen molar-refractivity contribution in [1.82, 2.24) is 19.8 Å². The smallest absolute Gasteiger partial charge is 0.321 e. The van der Waals surface area contributed by atoms with Gasteiger partial charge in [-0.15, -0.1) is 0 Å². The lowest BCUT2D eigenvalue weighted by molar-refractivity contribution is 0.0665. The van der Waals surface area contributed by atoms with Crippen LogP contribution in [0, 0.1) is 0 Å². The number of nitrogens with zero attached hydrogens (tertiary/aromatic N) is 4. The van der Waals surface area contributed by atoms with Crippen molar-refractivity contribution in [2.75, 3.05) is 31.5 Å². The molecule has 3 amide bonds. The molecule has 2 heterocycles. The molecule has 0 spiro atoms. The summed E-state index contributed by atoms with van der Waals surface area (Å²) in [6.07, 6.45) is 4.48. The number of benzene rings is 1. The molecule has 23 heavy (non-hydrogen) atoms. The van der Waals surface area contributed by atoms with Crippen molar-refractivity contribution in [1.29, 1.82) is 0 Å². The summed E-state index contributed by atoms with van der Waals surface area (Å²) in [6, 6.07) is 9.16. The molecule has 1 aliphatic rings. The van der Waals surface area contributed by atoms with Crippen molar-refractivity contribution in [3.05, 3.63) is 54.6 Å². The second-order valence-corrected chi connectivity index (χ2v) is 5.17. The summed E-state index contributed by atoms with van der Waals surface area (Å²) in [4.78, 5) is 35.8. The van der Waals surface area contributed by atoms with Gasteiger partial charge in [0.25, 0.3) is 5.91 Å². The maximum Gasteiger partial charge on any atom is 0.321 e. The van der Waals surface area contributed by atoms with Crippen LogP contribution in [0.15, 0.2) is 48.9 Å². The molecule has 2 aromatic rings. The van der Waals surface area contributed by atoms with Crippen LogP contribution in [-0.4, -0.2) is 57.9 Å². The normalized spacial score (nSPS) is 14.4. The largest absolute Gasteiger partial charge is 0.334 e. The van der Waals surface area contributed by atoms with Crippen LogP contribution in [0.3, 0.4) is 0 Å². The Morgan fingerprint density at radius 3 is 2.30 bits per heavy atom. The summed E-state index contributed by atoms with van der Waals surface area (Å²) in [5, 5.41) is 2.85. The molecular formula is C16H17N5O2. The number of hydrogen-bond donors (Lipinski definition) is 1. The van der Waals surface area contributed by atoms with Gasteiger partial charge >= 0.3 is 6.03 Å². The zero-order valence-electron chi connectivity index (χ0n) is 12.6. The fourth-order valence-corrected chi connectivity index (χ4v) is 2.41. The van der Waals surface area contributed by atoms with E-state index in [1.165, 1.54) is 18.6 Å². The molecule has 1 N–H and O–H groups in total. The van der Waals surface area contributed by atoms with Crippen LogP contribution in [0.5, 0.6) is 0 Å². The predicted octanol–water partition coefficient (Wildman–Crippen LogP) is 1.47. The molecule has 1 aromatic heterocycles. The van der Waals surface area contributed by atoms with Crippen molar-refractivity contribution in [2.24, 2.45) is 0 Å². The number of anilines is 1. The van der Waals surface area contributed by atoms with E-state index in [0.717, 1.165) is 5.69 Å². The summed E-state index contributed by atoms with van der Waals surface area (Å²) >= 11 is 0. The standard InChI is InChI=1S/C16H17N5O2/c22-15(14-12-17-6-7-18-14)20-8-10-21(11-9-20)16(23)19-13-4-2-1-3-5-13/h1-7,12H,8-11H2,(H,19,23). The third-order valence-corrected chi connectivity index (χ3v) is 3.66. The topological polar surface area (TPSA) is 78.4 Å². The Hall–Kier alpha value is -2.96. The second-order valence-electron chi connectivity index (χ2n) is 5.17. The Labute approximate surface area is 134 Å². The highest BCUT2D eigenvalue weighted by molar-refractivity contribution is 5.92. The number of hydrogen-bond acceptors (Lipinski definition) is 4. The average Bonchev–Trinajstić information content (AvgIpc) is 2.63. The van der Waals surface area contributed by atoms with Gasteiger partial charge in [-0.2, -0.15) is 0 Å². The van der Waals surface area contributed by atoms with Gasteiger partial charge in [0, 0.05) is 44.3 Å². The molecule has 118 valence electrons. The Kier molecular flexibility index (Phi) is 4.46. The monoisotopic (exact) mass is 311 g/mol. The van der Waals surface area contributed by atoms with Crippen LogP contribution < -0.4 is 5.32 Å². The van der Waals surface area contributed by atoms with E-state index in [9.17, 15) is 9.59 Å². The van der Waals surface area contributed by atoms with Gasteiger partial charge in [-0.05, 0) is 12.1 Å². The van der Waals surface area contributed by atoms with Crippen molar-refractivity contribution < 1.29 is 9.59 Å². The van der Waals surface area contributed by atoms with Crippen LogP contribution in [0.4, 0.5) is 10.5 Å². The summed E-state index contributed by atoms with van der Waals surface area (Å²) in [5.41, 5.74) is 1.09. The molecule has 7 nitrogen and oxygen atoms in total. The minimum atomic E-state index is -0.152. The predicted molar refractivity (Wildman–Crippen MR) is 85.0 cm³/mol. The van der Waals surface area contributed by atoms with Crippen LogP contribution in [-0.2, 0) is 0 Å². The number of rotatable bonds is 2. The first-order chi connectivity index (χ1) is 11.2. The summed E-state index contributed by atoms with van der Waals surface area (Å²) in [5.74, 6) is -0.152. The zero-order valence-corrected chi connectivity index (χ0v) is 12.6. The average molecular weight is 311 g/mol. The van der Waals surface area contributed by atoms with Crippen molar-refractivity contribution in [3.8, 4) is 0 Å². The Morgan fingerprint density at radius 2 is 1.65 bits per heavy atom. The molecule has 1 fully saturated rings. The minimum Gasteiger partial charge on any atom is -0.334 e. The third-order valence-electron chi connectivity index (χ3n) is 3.66. The highest BCUT2D eigenvalue weighted by Crippen LogP contribution is 2.10. The maximum atomic E-state index is 12.3. The van der Waals surface area contributed by atoms with E-state index < -0.39 is 0 Å². The van der Waals surface area contributed by atoms with E-state index in [1.54, 1.807) is 9.80 Å². The number of carbonyl (C=O) groups excluding carboxylic acids is 2. The molecule has 3 rings (SSSR count). The fourth-order valence-electron chi connectivity index (χ4n) is 2.41. The lowest BCUT2D eigenvalue weighted by Gasteiger charge is -2.34. The number of aromatic nitrogens is 2. The van der Waals surface area contributed by atoms with E-state index in [1.807, 2.05) is 30.3 Å². The third kappa shape index (κ3) is 3.63. The van der Waals surface area contributed by atoms with Crippen LogP contribution in [0.1, 0.15) is 10.5 Å². The van der Waals surface area contributed by atoms with Gasteiger partial charge in [0.15, 0.2) is 0 Å². The molecule has 1 aromatic carbocycles. The van der Waals surface area contributed by atoms with E-state index in [0.29, 0.717) is 31.9 Å². The van der Waals surface area contributed by atoms with E-state index in [4.69, 9.17) is 0 Å². The number of piperazine rings is 1. The number of amides is 3. The Morgan fingerprint density at radius 1 is 0.957 bits per heavy atom. The van der Waals surface area contributed by atoms with Crippen molar-refractivity contribution >= 4 is 17.6 Å². The first-order valence-corrected chi connectivity index (χ1v) is 7.40. The molecule has 0 unspecified atom stereocenters. The number of para-hydroxylation sites is 1. The fraction of sp³-hybridized carbons (Fsp3) is 0.250. The number of urea groups is 1. The molecule has 0 saturated carbocycles. The van der Waals surface area contributed by atoms with Gasteiger partial charge in [0.1, 0.15) is 5.69 Å². The molecule has 0 atom stereocenters. The second kappa shape index (κ2) is 6.87. The van der Waals surface area contributed by atoms with Gasteiger partial charge in [0.05, 0.1) is 6.20 Å². The van der Waals surface area contributed by atoms with Crippen molar-refractivity contribution in [3.63, 3.8) is 0 Å². The highest BCUT2D eigenvalue weighted by atomic mass is 16.2. The van der Waals surface area contributed by atoms with E-state index >= 15 is 0 Å². The molecule has 1 aliphatic heterocycles. The molecule has 0 bridgehead atoms. The molecule has 0 radical (unpaired) electrons. The van der Waals surface area contributed by atoms with Gasteiger partial charge in [-0.1, -0.05) is 18.2 Å². The van der Waals surface area contributed by atoms with Crippen molar-refractivity contribution in [2.45, 2.75) is 0 Å². The zero-order chi connectivity index (χ0) is 16.1. The van der Waals surface area contributed by atoms with E-state index in [-0.39, 0.29) is 11.9 Å². The maximum absolute atomic E-state index is 12.3. The first kappa shape index (κ1) is 15.0. The Bertz CT molecular complexity index is 669. The van der Waals surface area contributed by atoms with Crippen LogP contribution in [0.2, 0.25) is 0 Å². The Balaban J connectivity index is 1.54. The lowest BCUT2D eigenvalue weighted by atomic mass is 10.3. The van der Waals surface area contributed by atoms with Gasteiger partial charge in [0.2, 0.25) is 0 Å². The summed E-state index contributed by atoms with van der Waals surface area (Å²) in [6.45, 7) is 1.95. The molecule has 0 aliphatic carbocycles. The lowest BCUT2D eigenvalue weighted by Crippen LogP contribution is -2.51. The number of nitrogens with one attached hydrogen (secondary N) is 1. The summed E-state index contributed by atoms with van der Waals surface area (Å²) < 4.78 is 0. The molecule has 7 heteroatoms. The quantitative estimate of drug-likeness (QED) is 0.911. The first-order valence-electron chi connectivity index (χ1n) is 7.40. The van der Waals surface area contributed by atoms with Gasteiger partial charge in [-0.25, -0.2) is 9.78 Å². The molecular weight excluding hydrogens is 294 g/mol. The number of carbonyl (C=O) groups is 2. The minimum absolute atomic E-state index is 0.150. The highest BCUT2D eigenvalue weighted by Gasteiger charge is 2.25. The van der Waals surface area contributed by atoms with Crippen LogP contribution >= 0.6 is 0 Å². The summed E-state index contributed by atoms with van der Waals surface area (Å²) in [7, 11) is 0. The van der Waals surface area contributed by atoms with E-state index in [2.05, 4.69) is 15.3 Å². The molecule has 1 saturated heterocycles.